The number of aromatic nitrogens is 2. The van der Waals surface area contributed by atoms with Gasteiger partial charge in [-0.1, -0.05) is 6.07 Å². The first-order valence-corrected chi connectivity index (χ1v) is 7.44. The fourth-order valence-electron chi connectivity index (χ4n) is 2.47. The van der Waals surface area contributed by atoms with E-state index in [9.17, 15) is 4.79 Å². The van der Waals surface area contributed by atoms with Gasteiger partial charge in [0.15, 0.2) is 5.78 Å². The average Bonchev–Trinajstić information content (AvgIpc) is 3.15. The number of fused-ring (bicyclic) bond motifs is 2. The Hall–Kier alpha value is -1.35. The predicted molar refractivity (Wildman–Crippen MR) is 71.9 cm³/mol. The first-order valence-electron chi connectivity index (χ1n) is 6.15. The number of ether oxygens (including phenoxy) is 2. The van der Waals surface area contributed by atoms with Crippen LogP contribution in [-0.4, -0.2) is 34.6 Å². The quantitative estimate of drug-likeness (QED) is 0.792. The van der Waals surface area contributed by atoms with Gasteiger partial charge in [0.2, 0.25) is 6.29 Å². The molecule has 0 aromatic carbocycles. The van der Waals surface area contributed by atoms with Crippen molar-refractivity contribution >= 4 is 29.3 Å². The molecule has 0 aliphatic carbocycles. The van der Waals surface area contributed by atoms with Crippen molar-refractivity contribution in [3.8, 4) is 10.8 Å². The van der Waals surface area contributed by atoms with E-state index in [2.05, 4.69) is 5.10 Å². The van der Waals surface area contributed by atoms with E-state index in [4.69, 9.17) is 26.1 Å². The van der Waals surface area contributed by atoms with Crippen LogP contribution in [0.25, 0.3) is 10.8 Å². The molecule has 0 amide bonds. The van der Waals surface area contributed by atoms with Crippen LogP contribution >= 0.6 is 23.6 Å². The van der Waals surface area contributed by atoms with Gasteiger partial charge in [-0.15, -0.1) is 16.4 Å². The first kappa shape index (κ1) is 12.4. The van der Waals surface area contributed by atoms with Crippen molar-refractivity contribution in [2.45, 2.75) is 24.9 Å². The molecule has 0 radical (unpaired) electrons. The van der Waals surface area contributed by atoms with Gasteiger partial charge in [-0.2, -0.15) is 0 Å². The highest BCUT2D eigenvalue weighted by atomic mass is 32.1. The van der Waals surface area contributed by atoms with Crippen LogP contribution in [0.15, 0.2) is 21.9 Å². The molecule has 0 spiro atoms. The lowest BCUT2D eigenvalue weighted by atomic mass is 10.0. The minimum absolute atomic E-state index is 0.0775. The smallest absolute Gasteiger partial charge is 0.287 e. The molecule has 6 nitrogen and oxygen atoms in total. The number of nitrogens with zero attached hydrogens (tertiary/aromatic N) is 2. The second kappa shape index (κ2) is 4.59. The van der Waals surface area contributed by atoms with Gasteiger partial charge in [0.05, 0.1) is 17.5 Å². The van der Waals surface area contributed by atoms with Crippen LogP contribution in [0.1, 0.15) is 12.5 Å². The lowest BCUT2D eigenvalue weighted by Gasteiger charge is -2.25. The summed E-state index contributed by atoms with van der Waals surface area (Å²) < 4.78 is 17.9. The molecule has 0 saturated carbocycles. The minimum atomic E-state index is -0.714. The Kier molecular flexibility index (Phi) is 2.84. The molecule has 2 aliphatic heterocycles. The van der Waals surface area contributed by atoms with E-state index in [0.29, 0.717) is 18.9 Å². The third kappa shape index (κ3) is 1.87. The molecule has 2 bridgehead atoms. The zero-order valence-electron chi connectivity index (χ0n) is 10.2. The van der Waals surface area contributed by atoms with Crippen LogP contribution in [0.4, 0.5) is 0 Å². The van der Waals surface area contributed by atoms with Crippen LogP contribution < -0.4 is 0 Å². The van der Waals surface area contributed by atoms with E-state index in [1.165, 1.54) is 11.3 Å². The molecule has 2 aliphatic rings. The molecular formula is C12H10N2O4S2. The van der Waals surface area contributed by atoms with Crippen LogP contribution in [0.2, 0.25) is 0 Å². The molecule has 4 heterocycles. The molecule has 3 atom stereocenters. The van der Waals surface area contributed by atoms with Crippen molar-refractivity contribution in [1.82, 2.24) is 9.78 Å². The maximum atomic E-state index is 11.8. The maximum absolute atomic E-state index is 11.8. The lowest BCUT2D eigenvalue weighted by Crippen LogP contribution is -2.37. The molecule has 3 unspecified atom stereocenters. The van der Waals surface area contributed by atoms with Crippen molar-refractivity contribution in [2.75, 3.05) is 6.61 Å². The maximum Gasteiger partial charge on any atom is 0.287 e. The summed E-state index contributed by atoms with van der Waals surface area (Å²) in [4.78, 5) is 13.0. The molecule has 2 aromatic heterocycles. The third-order valence-electron chi connectivity index (χ3n) is 3.43. The van der Waals surface area contributed by atoms with E-state index >= 15 is 0 Å². The molecule has 2 fully saturated rings. The Labute approximate surface area is 122 Å². The topological polar surface area (TPSA) is 66.5 Å². The van der Waals surface area contributed by atoms with E-state index in [1.54, 1.807) is 4.68 Å². The Morgan fingerprint density at radius 2 is 2.40 bits per heavy atom. The van der Waals surface area contributed by atoms with E-state index in [1.807, 2.05) is 17.5 Å². The number of ketones is 1. The summed E-state index contributed by atoms with van der Waals surface area (Å²) in [6, 6.07) is 3.57. The second-order valence-electron chi connectivity index (χ2n) is 4.67. The number of hydrogen-bond acceptors (Lipinski definition) is 7. The van der Waals surface area contributed by atoms with Crippen LogP contribution in [-0.2, 0) is 14.3 Å². The largest absolute Gasteiger partial charge is 0.408 e. The average molecular weight is 310 g/mol. The van der Waals surface area contributed by atoms with Gasteiger partial charge < -0.3 is 13.9 Å². The van der Waals surface area contributed by atoms with Crippen molar-refractivity contribution in [1.29, 1.82) is 0 Å². The van der Waals surface area contributed by atoms with Gasteiger partial charge in [0.25, 0.3) is 10.7 Å². The normalized spacial score (nSPS) is 29.0. The summed E-state index contributed by atoms with van der Waals surface area (Å²) in [5.41, 5.74) is 0. The Bertz CT molecular complexity index is 705. The summed E-state index contributed by atoms with van der Waals surface area (Å²) in [6.07, 6.45) is -0.611. The molecule has 8 heteroatoms. The highest BCUT2D eigenvalue weighted by Crippen LogP contribution is 2.34. The second-order valence-corrected chi connectivity index (χ2v) is 5.97. The van der Waals surface area contributed by atoms with E-state index in [-0.39, 0.29) is 22.8 Å². The van der Waals surface area contributed by atoms with Gasteiger partial charge in [-0.05, 0) is 23.7 Å². The lowest BCUT2D eigenvalue weighted by molar-refractivity contribution is -0.156. The number of rotatable bonds is 2. The highest BCUT2D eigenvalue weighted by molar-refractivity contribution is 7.71. The van der Waals surface area contributed by atoms with Crippen molar-refractivity contribution in [3.05, 3.63) is 22.4 Å². The summed E-state index contributed by atoms with van der Waals surface area (Å²) in [7, 11) is 0. The Morgan fingerprint density at radius 3 is 3.20 bits per heavy atom. The van der Waals surface area contributed by atoms with Gasteiger partial charge in [-0.3, -0.25) is 4.79 Å². The van der Waals surface area contributed by atoms with Crippen LogP contribution in [0.5, 0.6) is 0 Å². The molecular weight excluding hydrogens is 300 g/mol. The monoisotopic (exact) mass is 310 g/mol. The molecule has 0 N–H and O–H groups in total. The van der Waals surface area contributed by atoms with Gasteiger partial charge in [0, 0.05) is 6.42 Å². The summed E-state index contributed by atoms with van der Waals surface area (Å²) in [5.74, 6) is 0.393. The highest BCUT2D eigenvalue weighted by Gasteiger charge is 2.45. The van der Waals surface area contributed by atoms with Crippen molar-refractivity contribution < 1.29 is 18.7 Å². The molecule has 2 aromatic rings. The van der Waals surface area contributed by atoms with Gasteiger partial charge >= 0.3 is 0 Å². The van der Waals surface area contributed by atoms with Crippen molar-refractivity contribution in [3.63, 3.8) is 0 Å². The van der Waals surface area contributed by atoms with Crippen LogP contribution in [0, 0.1) is 4.84 Å². The summed E-state index contributed by atoms with van der Waals surface area (Å²) in [5, 5.41) is 6.34. The first-order chi connectivity index (χ1) is 9.72. The fourth-order valence-corrected chi connectivity index (χ4v) is 3.37. The number of carbonyl (C=O) groups excluding carboxylic acids is 1. The predicted octanol–water partition coefficient (Wildman–Crippen LogP) is 2.19. The minimum Gasteiger partial charge on any atom is -0.408 e. The van der Waals surface area contributed by atoms with E-state index in [0.717, 1.165) is 4.88 Å². The molecule has 2 saturated heterocycles. The Balaban J connectivity index is 1.72. The summed E-state index contributed by atoms with van der Waals surface area (Å²) >= 11 is 6.73. The molecule has 4 rings (SSSR count). The fraction of sp³-hybridized carbons (Fsp3) is 0.417. The zero-order valence-corrected chi connectivity index (χ0v) is 11.9. The molecule has 104 valence electrons. The van der Waals surface area contributed by atoms with Gasteiger partial charge in [-0.25, -0.2) is 4.68 Å². The zero-order chi connectivity index (χ0) is 13.7. The third-order valence-corrected chi connectivity index (χ3v) is 4.56. The number of carbonyl (C=O) groups is 1. The number of hydrogen-bond donors (Lipinski definition) is 0. The SMILES string of the molecule is O=C1CC(n2nc(-c3cccs3)oc2=S)C2COC1O2. The van der Waals surface area contributed by atoms with Crippen molar-refractivity contribution in [2.24, 2.45) is 0 Å². The standard InChI is InChI=1S/C12H10N2O4S2/c15-7-4-6(8-5-16-11(7)17-8)14-12(19)18-10(13-14)9-2-1-3-20-9/h1-3,6,8,11H,4-5H2. The Morgan fingerprint density at radius 1 is 1.50 bits per heavy atom. The summed E-state index contributed by atoms with van der Waals surface area (Å²) in [6.45, 7) is 0.379. The molecule has 20 heavy (non-hydrogen) atoms. The van der Waals surface area contributed by atoms with E-state index < -0.39 is 6.29 Å². The van der Waals surface area contributed by atoms with Crippen LogP contribution in [0.3, 0.4) is 0 Å². The number of Topliss-reactive ketones (excluding diaryl/α,β-unsaturated/α-hetero) is 1. The number of thiophene rings is 1. The van der Waals surface area contributed by atoms with Gasteiger partial charge in [0.1, 0.15) is 6.10 Å².